The first-order valence-electron chi connectivity index (χ1n) is 9.80. The van der Waals surface area contributed by atoms with Crippen LogP contribution in [0.25, 0.3) is 10.9 Å². The third-order valence-electron chi connectivity index (χ3n) is 5.35. The molecule has 1 heterocycles. The van der Waals surface area contributed by atoms with E-state index in [0.29, 0.717) is 18.3 Å². The lowest BCUT2D eigenvalue weighted by atomic mass is 9.95. The topological polar surface area (TPSA) is 54.1 Å². The van der Waals surface area contributed by atoms with Crippen LogP contribution in [0.4, 0.5) is 0 Å². The lowest BCUT2D eigenvalue weighted by Gasteiger charge is -2.22. The summed E-state index contributed by atoms with van der Waals surface area (Å²) in [5.41, 5.74) is 3.79. The van der Waals surface area contributed by atoms with Gasteiger partial charge in [0.25, 0.3) is 5.91 Å². The number of aromatic nitrogens is 1. The summed E-state index contributed by atoms with van der Waals surface area (Å²) < 4.78 is 5.95. The van der Waals surface area contributed by atoms with Crippen LogP contribution >= 0.6 is 0 Å². The highest BCUT2D eigenvalue weighted by Gasteiger charge is 2.18. The Morgan fingerprint density at radius 2 is 1.89 bits per heavy atom. The smallest absolute Gasteiger partial charge is 0.267 e. The van der Waals surface area contributed by atoms with Crippen molar-refractivity contribution in [1.29, 1.82) is 0 Å². The van der Waals surface area contributed by atoms with Crippen LogP contribution in [0.2, 0.25) is 0 Å². The predicted octanol–water partition coefficient (Wildman–Crippen LogP) is 5.12. The Morgan fingerprint density at radius 3 is 2.67 bits per heavy atom. The lowest BCUT2D eigenvalue weighted by molar-refractivity contribution is 0.0923. The van der Waals surface area contributed by atoms with Gasteiger partial charge in [-0.1, -0.05) is 49.6 Å². The number of fused-ring (bicyclic) bond motifs is 1. The Kier molecular flexibility index (Phi) is 5.14. The maximum Gasteiger partial charge on any atom is 0.267 e. The number of aromatic amines is 1. The molecule has 4 heteroatoms. The predicted molar refractivity (Wildman–Crippen MR) is 108 cm³/mol. The molecule has 1 fully saturated rings. The Labute approximate surface area is 159 Å². The van der Waals surface area contributed by atoms with E-state index in [1.54, 1.807) is 0 Å². The van der Waals surface area contributed by atoms with Crippen LogP contribution in [0.15, 0.2) is 48.5 Å². The Bertz CT molecular complexity index is 924. The van der Waals surface area contributed by atoms with Crippen LogP contribution in [-0.2, 0) is 6.61 Å². The molecule has 1 aliphatic carbocycles. The Balaban J connectivity index is 1.49. The van der Waals surface area contributed by atoms with Gasteiger partial charge >= 0.3 is 0 Å². The SMILES string of the molecule is Cc1cc(OCc2ccccc2)cc2[nH]c(C(=O)NC3CCCCC3)cc12. The average molecular weight is 362 g/mol. The van der Waals surface area contributed by atoms with Crippen molar-refractivity contribution in [1.82, 2.24) is 10.3 Å². The molecule has 0 spiro atoms. The van der Waals surface area contributed by atoms with E-state index in [9.17, 15) is 4.79 Å². The lowest BCUT2D eigenvalue weighted by Crippen LogP contribution is -2.36. The molecule has 3 aromatic rings. The second kappa shape index (κ2) is 7.87. The van der Waals surface area contributed by atoms with E-state index < -0.39 is 0 Å². The standard InChI is InChI=1S/C23H26N2O2/c1-16-12-19(27-15-17-8-4-2-5-9-17)13-21-20(16)14-22(25-21)23(26)24-18-10-6-3-7-11-18/h2,4-5,8-9,12-14,18,25H,3,6-7,10-11,15H2,1H3,(H,24,26). The van der Waals surface area contributed by atoms with Crippen LogP contribution < -0.4 is 10.1 Å². The fourth-order valence-electron chi connectivity index (χ4n) is 3.84. The highest BCUT2D eigenvalue weighted by molar-refractivity contribution is 5.99. The van der Waals surface area contributed by atoms with E-state index in [1.807, 2.05) is 55.5 Å². The molecular formula is C23H26N2O2. The van der Waals surface area contributed by atoms with Crippen molar-refractivity contribution in [3.63, 3.8) is 0 Å². The van der Waals surface area contributed by atoms with Crippen LogP contribution in [0.5, 0.6) is 5.75 Å². The molecule has 1 saturated carbocycles. The molecule has 0 saturated heterocycles. The summed E-state index contributed by atoms with van der Waals surface area (Å²) >= 11 is 0. The quantitative estimate of drug-likeness (QED) is 0.662. The summed E-state index contributed by atoms with van der Waals surface area (Å²) in [5, 5.41) is 4.24. The first kappa shape index (κ1) is 17.7. The molecule has 0 bridgehead atoms. The second-order valence-corrected chi connectivity index (χ2v) is 7.47. The molecule has 4 rings (SSSR count). The molecule has 0 atom stereocenters. The number of amides is 1. The van der Waals surface area contributed by atoms with Gasteiger partial charge in [-0.15, -0.1) is 0 Å². The summed E-state index contributed by atoms with van der Waals surface area (Å²) in [6.45, 7) is 2.58. The third kappa shape index (κ3) is 4.16. The summed E-state index contributed by atoms with van der Waals surface area (Å²) in [6, 6.07) is 16.4. The minimum Gasteiger partial charge on any atom is -0.489 e. The molecule has 27 heavy (non-hydrogen) atoms. The number of H-pyrrole nitrogens is 1. The van der Waals surface area contributed by atoms with Gasteiger partial charge in [-0.25, -0.2) is 0 Å². The molecule has 2 N–H and O–H groups in total. The van der Waals surface area contributed by atoms with E-state index in [1.165, 1.54) is 19.3 Å². The fraction of sp³-hybridized carbons (Fsp3) is 0.348. The van der Waals surface area contributed by atoms with Crippen molar-refractivity contribution in [2.24, 2.45) is 0 Å². The van der Waals surface area contributed by atoms with Crippen molar-refractivity contribution >= 4 is 16.8 Å². The van der Waals surface area contributed by atoms with Gasteiger partial charge in [0, 0.05) is 23.0 Å². The van der Waals surface area contributed by atoms with Gasteiger partial charge in [0.15, 0.2) is 0 Å². The van der Waals surface area contributed by atoms with Gasteiger partial charge in [-0.2, -0.15) is 0 Å². The number of ether oxygens (including phenoxy) is 1. The first-order valence-corrected chi connectivity index (χ1v) is 9.80. The summed E-state index contributed by atoms with van der Waals surface area (Å²) in [5.74, 6) is 0.800. The molecular weight excluding hydrogens is 336 g/mol. The molecule has 1 aliphatic rings. The maximum atomic E-state index is 12.6. The molecule has 0 radical (unpaired) electrons. The number of carbonyl (C=O) groups is 1. The number of aryl methyl sites for hydroxylation is 1. The summed E-state index contributed by atoms with van der Waals surface area (Å²) in [6.07, 6.45) is 5.87. The zero-order chi connectivity index (χ0) is 18.6. The van der Waals surface area contributed by atoms with Crippen LogP contribution in [0, 0.1) is 6.92 Å². The number of carbonyl (C=O) groups excluding carboxylic acids is 1. The maximum absolute atomic E-state index is 12.6. The van der Waals surface area contributed by atoms with E-state index in [2.05, 4.69) is 10.3 Å². The summed E-state index contributed by atoms with van der Waals surface area (Å²) in [7, 11) is 0. The Hall–Kier alpha value is -2.75. The molecule has 140 valence electrons. The zero-order valence-corrected chi connectivity index (χ0v) is 15.8. The van der Waals surface area contributed by atoms with Crippen molar-refractivity contribution in [2.45, 2.75) is 51.7 Å². The van der Waals surface area contributed by atoms with Crippen molar-refractivity contribution in [3.8, 4) is 5.75 Å². The highest BCUT2D eigenvalue weighted by atomic mass is 16.5. The Morgan fingerprint density at radius 1 is 1.11 bits per heavy atom. The molecule has 4 nitrogen and oxygen atoms in total. The van der Waals surface area contributed by atoms with E-state index in [0.717, 1.165) is 40.6 Å². The van der Waals surface area contributed by atoms with Gasteiger partial charge in [0.05, 0.1) is 0 Å². The number of hydrogen-bond donors (Lipinski definition) is 2. The van der Waals surface area contributed by atoms with Crippen molar-refractivity contribution in [3.05, 3.63) is 65.4 Å². The normalized spacial score (nSPS) is 15.0. The number of hydrogen-bond acceptors (Lipinski definition) is 2. The number of nitrogens with one attached hydrogen (secondary N) is 2. The van der Waals surface area contributed by atoms with Crippen LogP contribution in [-0.4, -0.2) is 16.9 Å². The minimum absolute atomic E-state index is 0.00995. The number of benzene rings is 2. The monoisotopic (exact) mass is 362 g/mol. The molecule has 2 aromatic carbocycles. The van der Waals surface area contributed by atoms with Gasteiger partial charge in [0.2, 0.25) is 0 Å². The fourth-order valence-corrected chi connectivity index (χ4v) is 3.84. The average Bonchev–Trinajstić information content (AvgIpc) is 3.13. The zero-order valence-electron chi connectivity index (χ0n) is 15.8. The van der Waals surface area contributed by atoms with E-state index in [4.69, 9.17) is 4.74 Å². The minimum atomic E-state index is -0.00995. The largest absolute Gasteiger partial charge is 0.489 e. The van der Waals surface area contributed by atoms with E-state index >= 15 is 0 Å². The molecule has 1 amide bonds. The molecule has 1 aromatic heterocycles. The van der Waals surface area contributed by atoms with Gasteiger partial charge in [0.1, 0.15) is 18.1 Å². The van der Waals surface area contributed by atoms with Gasteiger partial charge in [-0.05, 0) is 43.0 Å². The molecule has 0 aliphatic heterocycles. The highest BCUT2D eigenvalue weighted by Crippen LogP contribution is 2.27. The molecule has 0 unspecified atom stereocenters. The van der Waals surface area contributed by atoms with Crippen molar-refractivity contribution in [2.75, 3.05) is 0 Å². The number of rotatable bonds is 5. The second-order valence-electron chi connectivity index (χ2n) is 7.47. The van der Waals surface area contributed by atoms with Crippen LogP contribution in [0.1, 0.15) is 53.7 Å². The first-order chi connectivity index (χ1) is 13.2. The van der Waals surface area contributed by atoms with Gasteiger partial charge < -0.3 is 15.0 Å². The van der Waals surface area contributed by atoms with Crippen molar-refractivity contribution < 1.29 is 9.53 Å². The van der Waals surface area contributed by atoms with Crippen LogP contribution in [0.3, 0.4) is 0 Å². The summed E-state index contributed by atoms with van der Waals surface area (Å²) in [4.78, 5) is 15.9. The van der Waals surface area contributed by atoms with E-state index in [-0.39, 0.29) is 5.91 Å². The third-order valence-corrected chi connectivity index (χ3v) is 5.35. The van der Waals surface area contributed by atoms with Gasteiger partial charge in [-0.3, -0.25) is 4.79 Å².